The van der Waals surface area contributed by atoms with E-state index in [1.165, 1.54) is 12.8 Å². The highest BCUT2D eigenvalue weighted by molar-refractivity contribution is 5.91. The molecule has 1 fully saturated rings. The van der Waals surface area contributed by atoms with Crippen LogP contribution in [0.3, 0.4) is 0 Å². The predicted molar refractivity (Wildman–Crippen MR) is 74.7 cm³/mol. The van der Waals surface area contributed by atoms with Crippen molar-refractivity contribution < 1.29 is 4.79 Å². The predicted octanol–water partition coefficient (Wildman–Crippen LogP) is 2.81. The Morgan fingerprint density at radius 1 is 1.39 bits per heavy atom. The van der Waals surface area contributed by atoms with Gasteiger partial charge in [0, 0.05) is 18.2 Å². The van der Waals surface area contributed by atoms with Crippen LogP contribution in [0, 0.1) is 6.92 Å². The Morgan fingerprint density at radius 2 is 2.17 bits per heavy atom. The van der Waals surface area contributed by atoms with Gasteiger partial charge in [-0.1, -0.05) is 24.6 Å². The van der Waals surface area contributed by atoms with Gasteiger partial charge in [-0.2, -0.15) is 0 Å². The average molecular weight is 246 g/mol. The molecular formula is C15H22N2O. The summed E-state index contributed by atoms with van der Waals surface area (Å²) >= 11 is 0. The molecule has 1 aromatic carbocycles. The Morgan fingerprint density at radius 3 is 2.89 bits per heavy atom. The molecule has 3 heteroatoms. The number of anilines is 1. The van der Waals surface area contributed by atoms with Crippen molar-refractivity contribution in [1.82, 2.24) is 4.90 Å². The van der Waals surface area contributed by atoms with Crippen LogP contribution in [0.4, 0.5) is 5.69 Å². The van der Waals surface area contributed by atoms with Crippen molar-refractivity contribution in [2.45, 2.75) is 38.6 Å². The van der Waals surface area contributed by atoms with Crippen molar-refractivity contribution in [1.29, 1.82) is 0 Å². The van der Waals surface area contributed by atoms with Crippen molar-refractivity contribution in [3.8, 4) is 0 Å². The van der Waals surface area contributed by atoms with Crippen LogP contribution in [-0.4, -0.2) is 30.4 Å². The van der Waals surface area contributed by atoms with E-state index in [4.69, 9.17) is 0 Å². The highest BCUT2D eigenvalue weighted by atomic mass is 16.1. The number of hydrogen-bond acceptors (Lipinski definition) is 2. The monoisotopic (exact) mass is 246 g/mol. The molecule has 98 valence electrons. The van der Waals surface area contributed by atoms with Gasteiger partial charge in [0.05, 0.1) is 0 Å². The number of nitrogens with zero attached hydrogens (tertiary/aromatic N) is 1. The van der Waals surface area contributed by atoms with E-state index in [0.717, 1.165) is 24.2 Å². The summed E-state index contributed by atoms with van der Waals surface area (Å²) in [5.74, 6) is 0.128. The molecule has 18 heavy (non-hydrogen) atoms. The number of rotatable bonds is 3. The number of carbonyl (C=O) groups excluding carboxylic acids is 1. The molecule has 1 heterocycles. The minimum Gasteiger partial charge on any atom is -0.326 e. The fourth-order valence-corrected chi connectivity index (χ4v) is 2.53. The van der Waals surface area contributed by atoms with Gasteiger partial charge in [-0.05, 0) is 45.0 Å². The molecule has 0 aliphatic carbocycles. The van der Waals surface area contributed by atoms with Gasteiger partial charge >= 0.3 is 0 Å². The number of nitrogens with one attached hydrogen (secondary N) is 1. The summed E-state index contributed by atoms with van der Waals surface area (Å²) in [4.78, 5) is 14.3. The minimum absolute atomic E-state index is 0.128. The summed E-state index contributed by atoms with van der Waals surface area (Å²) in [6, 6.07) is 8.32. The third-order valence-corrected chi connectivity index (χ3v) is 3.76. The molecule has 1 N–H and O–H groups in total. The number of para-hydroxylation sites is 1. The van der Waals surface area contributed by atoms with Gasteiger partial charge in [-0.25, -0.2) is 0 Å². The zero-order chi connectivity index (χ0) is 13.0. The number of amides is 1. The van der Waals surface area contributed by atoms with E-state index in [9.17, 15) is 4.79 Å². The topological polar surface area (TPSA) is 32.3 Å². The zero-order valence-electron chi connectivity index (χ0n) is 11.3. The molecule has 1 amide bonds. The Balaban J connectivity index is 1.90. The van der Waals surface area contributed by atoms with Gasteiger partial charge < -0.3 is 10.2 Å². The van der Waals surface area contributed by atoms with Gasteiger partial charge in [0.25, 0.3) is 0 Å². The minimum atomic E-state index is 0.128. The summed E-state index contributed by atoms with van der Waals surface area (Å²) in [7, 11) is 2.12. The van der Waals surface area contributed by atoms with Crippen LogP contribution in [0.5, 0.6) is 0 Å². The van der Waals surface area contributed by atoms with Gasteiger partial charge in [0.15, 0.2) is 0 Å². The first kappa shape index (κ1) is 13.1. The fraction of sp³-hybridized carbons (Fsp3) is 0.533. The Hall–Kier alpha value is -1.35. The zero-order valence-corrected chi connectivity index (χ0v) is 11.3. The normalized spacial score (nSPS) is 20.7. The van der Waals surface area contributed by atoms with E-state index < -0.39 is 0 Å². The molecule has 3 nitrogen and oxygen atoms in total. The third kappa shape index (κ3) is 3.33. The number of likely N-dealkylation sites (tertiary alicyclic amines) is 1. The Kier molecular flexibility index (Phi) is 4.37. The Labute approximate surface area is 109 Å². The van der Waals surface area contributed by atoms with Crippen molar-refractivity contribution in [3.05, 3.63) is 29.8 Å². The molecule has 1 atom stereocenters. The molecule has 0 bridgehead atoms. The fourth-order valence-electron chi connectivity index (χ4n) is 2.53. The molecule has 1 unspecified atom stereocenters. The lowest BCUT2D eigenvalue weighted by Crippen LogP contribution is -2.38. The van der Waals surface area contributed by atoms with Gasteiger partial charge in [0.1, 0.15) is 0 Å². The number of benzene rings is 1. The smallest absolute Gasteiger partial charge is 0.225 e. The van der Waals surface area contributed by atoms with Gasteiger partial charge in [-0.15, -0.1) is 0 Å². The number of piperidine rings is 1. The van der Waals surface area contributed by atoms with Crippen LogP contribution < -0.4 is 5.32 Å². The molecular weight excluding hydrogens is 224 g/mol. The molecule has 0 radical (unpaired) electrons. The summed E-state index contributed by atoms with van der Waals surface area (Å²) < 4.78 is 0. The summed E-state index contributed by atoms with van der Waals surface area (Å²) in [5.41, 5.74) is 2.05. The van der Waals surface area contributed by atoms with E-state index >= 15 is 0 Å². The first-order valence-electron chi connectivity index (χ1n) is 6.72. The standard InChI is InChI=1S/C15H22N2O/c1-12-7-3-4-9-14(12)16-15(18)11-13-8-5-6-10-17(13)2/h3-4,7,9,13H,5-6,8,10-11H2,1-2H3,(H,16,18). The third-order valence-electron chi connectivity index (χ3n) is 3.76. The van der Waals surface area contributed by atoms with E-state index in [1.807, 2.05) is 31.2 Å². The molecule has 0 saturated carbocycles. The van der Waals surface area contributed by atoms with Crippen LogP contribution in [0.1, 0.15) is 31.2 Å². The highest BCUT2D eigenvalue weighted by Crippen LogP contribution is 2.19. The maximum atomic E-state index is 12.0. The molecule has 0 spiro atoms. The summed E-state index contributed by atoms with van der Waals surface area (Å²) in [6.07, 6.45) is 4.24. The number of hydrogen-bond donors (Lipinski definition) is 1. The van der Waals surface area contributed by atoms with Crippen molar-refractivity contribution in [3.63, 3.8) is 0 Å². The van der Waals surface area contributed by atoms with Gasteiger partial charge in [-0.3, -0.25) is 4.79 Å². The largest absolute Gasteiger partial charge is 0.326 e. The lowest BCUT2D eigenvalue weighted by molar-refractivity contribution is -0.117. The second-order valence-electron chi connectivity index (χ2n) is 5.20. The average Bonchev–Trinajstić information content (AvgIpc) is 2.35. The van der Waals surface area contributed by atoms with Crippen LogP contribution in [0.2, 0.25) is 0 Å². The second kappa shape index (κ2) is 6.01. The first-order valence-corrected chi connectivity index (χ1v) is 6.72. The number of carbonyl (C=O) groups is 1. The van der Waals surface area contributed by atoms with E-state index in [2.05, 4.69) is 17.3 Å². The van der Waals surface area contributed by atoms with E-state index in [-0.39, 0.29) is 5.91 Å². The van der Waals surface area contributed by atoms with Crippen LogP contribution in [0.15, 0.2) is 24.3 Å². The Bertz CT molecular complexity index is 417. The lowest BCUT2D eigenvalue weighted by atomic mass is 10.00. The van der Waals surface area contributed by atoms with Crippen LogP contribution >= 0.6 is 0 Å². The van der Waals surface area contributed by atoms with Crippen molar-refractivity contribution in [2.24, 2.45) is 0 Å². The summed E-state index contributed by atoms with van der Waals surface area (Å²) in [5, 5.41) is 3.01. The van der Waals surface area contributed by atoms with E-state index in [0.29, 0.717) is 12.5 Å². The van der Waals surface area contributed by atoms with Gasteiger partial charge in [0.2, 0.25) is 5.91 Å². The molecule has 2 rings (SSSR count). The molecule has 1 aliphatic rings. The quantitative estimate of drug-likeness (QED) is 0.889. The maximum absolute atomic E-state index is 12.0. The van der Waals surface area contributed by atoms with Crippen LogP contribution in [0.25, 0.3) is 0 Å². The lowest BCUT2D eigenvalue weighted by Gasteiger charge is -2.32. The SMILES string of the molecule is Cc1ccccc1NC(=O)CC1CCCCN1C. The molecule has 1 aliphatic heterocycles. The first-order chi connectivity index (χ1) is 8.66. The van der Waals surface area contributed by atoms with Crippen molar-refractivity contribution in [2.75, 3.05) is 18.9 Å². The second-order valence-corrected chi connectivity index (χ2v) is 5.20. The highest BCUT2D eigenvalue weighted by Gasteiger charge is 2.21. The number of aryl methyl sites for hydroxylation is 1. The van der Waals surface area contributed by atoms with Crippen LogP contribution in [-0.2, 0) is 4.79 Å². The maximum Gasteiger partial charge on any atom is 0.225 e. The molecule has 1 saturated heterocycles. The molecule has 0 aromatic heterocycles. The summed E-state index contributed by atoms with van der Waals surface area (Å²) in [6.45, 7) is 3.13. The molecule has 1 aromatic rings. The van der Waals surface area contributed by atoms with E-state index in [1.54, 1.807) is 0 Å². The van der Waals surface area contributed by atoms with Crippen molar-refractivity contribution >= 4 is 11.6 Å².